The Bertz CT molecular complexity index is 769. The van der Waals surface area contributed by atoms with Crippen molar-refractivity contribution in [2.24, 2.45) is 5.73 Å². The minimum Gasteiger partial charge on any atom is -0.320 e. The first-order chi connectivity index (χ1) is 10.1. The second-order valence-corrected chi connectivity index (χ2v) is 4.39. The summed E-state index contributed by atoms with van der Waals surface area (Å²) < 4.78 is 0. The van der Waals surface area contributed by atoms with Gasteiger partial charge in [-0.25, -0.2) is 5.10 Å². The van der Waals surface area contributed by atoms with Crippen LogP contribution in [0, 0.1) is 11.8 Å². The van der Waals surface area contributed by atoms with Gasteiger partial charge in [-0.3, -0.25) is 9.59 Å². The highest BCUT2D eigenvalue weighted by Gasteiger charge is 2.10. The summed E-state index contributed by atoms with van der Waals surface area (Å²) in [7, 11) is 0. The molecule has 21 heavy (non-hydrogen) atoms. The summed E-state index contributed by atoms with van der Waals surface area (Å²) in [6.45, 7) is 0.206. The number of nitrogens with zero attached hydrogens (tertiary/aromatic N) is 1. The van der Waals surface area contributed by atoms with Crippen molar-refractivity contribution in [1.82, 2.24) is 10.2 Å². The van der Waals surface area contributed by atoms with E-state index in [1.807, 2.05) is 0 Å². The number of carbonyl (C=O) groups excluding carboxylic acids is 1. The average Bonchev–Trinajstić information content (AvgIpc) is 2.47. The zero-order chi connectivity index (χ0) is 15.2. The molecule has 0 fully saturated rings. The van der Waals surface area contributed by atoms with Crippen LogP contribution in [-0.2, 0) is 0 Å². The third-order valence-electron chi connectivity index (χ3n) is 2.47. The molecule has 0 atom stereocenters. The van der Waals surface area contributed by atoms with Gasteiger partial charge in [0.15, 0.2) is 0 Å². The van der Waals surface area contributed by atoms with E-state index in [9.17, 15) is 9.59 Å². The number of anilines is 1. The molecule has 7 heteroatoms. The molecule has 0 aliphatic carbocycles. The average molecular weight is 303 g/mol. The van der Waals surface area contributed by atoms with E-state index in [0.717, 1.165) is 0 Å². The first-order valence-corrected chi connectivity index (χ1v) is 6.33. The quantitative estimate of drug-likeness (QED) is 0.720. The van der Waals surface area contributed by atoms with E-state index in [-0.39, 0.29) is 17.8 Å². The highest BCUT2D eigenvalue weighted by atomic mass is 35.5. The summed E-state index contributed by atoms with van der Waals surface area (Å²) in [5.41, 5.74) is 6.05. The van der Waals surface area contributed by atoms with E-state index < -0.39 is 5.91 Å². The molecule has 2 rings (SSSR count). The first kappa shape index (κ1) is 14.8. The molecule has 4 N–H and O–H groups in total. The van der Waals surface area contributed by atoms with Crippen LogP contribution in [0.15, 0.2) is 35.1 Å². The van der Waals surface area contributed by atoms with Crippen molar-refractivity contribution in [3.05, 3.63) is 57.0 Å². The molecule has 0 aliphatic heterocycles. The Hall–Kier alpha value is -2.62. The third kappa shape index (κ3) is 3.92. The van der Waals surface area contributed by atoms with Crippen LogP contribution in [-0.4, -0.2) is 22.6 Å². The fourth-order valence-corrected chi connectivity index (χ4v) is 1.70. The molecule has 2 aromatic rings. The van der Waals surface area contributed by atoms with Crippen LogP contribution < -0.4 is 16.6 Å². The number of benzene rings is 1. The molecule has 1 aromatic carbocycles. The van der Waals surface area contributed by atoms with Gasteiger partial charge in [-0.15, -0.1) is 0 Å². The maximum absolute atomic E-state index is 12.1. The van der Waals surface area contributed by atoms with E-state index in [0.29, 0.717) is 16.3 Å². The molecular formula is C14H11ClN4O2. The predicted octanol–water partition coefficient (Wildman–Crippen LogP) is 0.986. The molecule has 0 saturated carbocycles. The fourth-order valence-electron chi connectivity index (χ4n) is 1.53. The second kappa shape index (κ2) is 6.70. The highest BCUT2D eigenvalue weighted by molar-refractivity contribution is 6.31. The number of H-pyrrole nitrogens is 1. The minimum absolute atomic E-state index is 0.0762. The van der Waals surface area contributed by atoms with Gasteiger partial charge in [-0.2, -0.15) is 5.10 Å². The van der Waals surface area contributed by atoms with Crippen molar-refractivity contribution in [3.8, 4) is 11.8 Å². The van der Waals surface area contributed by atoms with Gasteiger partial charge in [0, 0.05) is 16.7 Å². The van der Waals surface area contributed by atoms with E-state index in [4.69, 9.17) is 17.3 Å². The standard InChI is InChI=1S/C14H11ClN4O2/c15-10-4-3-9(2-1-7-16)12(8-10)17-14(21)11-5-6-13(20)19-18-11/h3-6,8H,7,16H2,(H,17,21)(H,19,20). The van der Waals surface area contributed by atoms with Crippen molar-refractivity contribution < 1.29 is 4.79 Å². The Morgan fingerprint density at radius 3 is 2.86 bits per heavy atom. The number of carbonyl (C=O) groups is 1. The molecule has 0 bridgehead atoms. The van der Waals surface area contributed by atoms with Crippen LogP contribution in [0.5, 0.6) is 0 Å². The fraction of sp³-hybridized carbons (Fsp3) is 0.0714. The van der Waals surface area contributed by atoms with Gasteiger partial charge in [-0.1, -0.05) is 23.4 Å². The van der Waals surface area contributed by atoms with Crippen LogP contribution >= 0.6 is 11.6 Å². The van der Waals surface area contributed by atoms with E-state index in [1.165, 1.54) is 12.1 Å². The number of hydrogen-bond donors (Lipinski definition) is 3. The molecule has 0 aliphatic rings. The smallest absolute Gasteiger partial charge is 0.276 e. The SMILES string of the molecule is NCC#Cc1ccc(Cl)cc1NC(=O)c1ccc(=O)[nH]n1. The van der Waals surface area contributed by atoms with Gasteiger partial charge in [0.1, 0.15) is 5.69 Å². The van der Waals surface area contributed by atoms with Gasteiger partial charge in [-0.05, 0) is 24.3 Å². The summed E-state index contributed by atoms with van der Waals surface area (Å²) in [6, 6.07) is 7.46. The second-order valence-electron chi connectivity index (χ2n) is 3.96. The Labute approximate surface area is 125 Å². The molecule has 1 amide bonds. The number of aromatic amines is 1. The predicted molar refractivity (Wildman–Crippen MR) is 80.2 cm³/mol. The van der Waals surface area contributed by atoms with Crippen molar-refractivity contribution in [1.29, 1.82) is 0 Å². The maximum atomic E-state index is 12.1. The monoisotopic (exact) mass is 302 g/mol. The molecular weight excluding hydrogens is 292 g/mol. The normalized spacial score (nSPS) is 9.62. The minimum atomic E-state index is -0.482. The van der Waals surface area contributed by atoms with Gasteiger partial charge in [0.2, 0.25) is 0 Å². The summed E-state index contributed by atoms with van der Waals surface area (Å²) in [5.74, 6) is 5.06. The van der Waals surface area contributed by atoms with Crippen LogP contribution in [0.25, 0.3) is 0 Å². The van der Waals surface area contributed by atoms with Crippen LogP contribution in [0.2, 0.25) is 5.02 Å². The first-order valence-electron chi connectivity index (χ1n) is 5.95. The molecule has 0 unspecified atom stereocenters. The molecule has 0 radical (unpaired) electrons. The van der Waals surface area contributed by atoms with E-state index >= 15 is 0 Å². The molecule has 0 spiro atoms. The lowest BCUT2D eigenvalue weighted by Crippen LogP contribution is -2.18. The molecule has 1 heterocycles. The zero-order valence-corrected chi connectivity index (χ0v) is 11.6. The van der Waals surface area contributed by atoms with E-state index in [1.54, 1.807) is 18.2 Å². The lowest BCUT2D eigenvalue weighted by atomic mass is 10.1. The maximum Gasteiger partial charge on any atom is 0.276 e. The van der Waals surface area contributed by atoms with Gasteiger partial charge >= 0.3 is 0 Å². The molecule has 1 aromatic heterocycles. The van der Waals surface area contributed by atoms with Crippen LogP contribution in [0.3, 0.4) is 0 Å². The number of hydrogen-bond acceptors (Lipinski definition) is 4. The number of halogens is 1. The Balaban J connectivity index is 2.29. The van der Waals surface area contributed by atoms with Crippen LogP contribution in [0.1, 0.15) is 16.1 Å². The number of aromatic nitrogens is 2. The van der Waals surface area contributed by atoms with Gasteiger partial charge in [0.25, 0.3) is 11.5 Å². The van der Waals surface area contributed by atoms with E-state index in [2.05, 4.69) is 27.4 Å². The number of rotatable bonds is 2. The topological polar surface area (TPSA) is 101 Å². The number of amides is 1. The van der Waals surface area contributed by atoms with Crippen molar-refractivity contribution in [2.45, 2.75) is 0 Å². The highest BCUT2D eigenvalue weighted by Crippen LogP contribution is 2.20. The summed E-state index contributed by atoms with van der Waals surface area (Å²) in [4.78, 5) is 23.0. The van der Waals surface area contributed by atoms with Crippen molar-refractivity contribution in [2.75, 3.05) is 11.9 Å². The largest absolute Gasteiger partial charge is 0.320 e. The molecule has 0 saturated heterocycles. The Kier molecular flexibility index (Phi) is 4.72. The lowest BCUT2D eigenvalue weighted by molar-refractivity contribution is 0.102. The Morgan fingerprint density at radius 2 is 2.19 bits per heavy atom. The van der Waals surface area contributed by atoms with Gasteiger partial charge < -0.3 is 11.1 Å². The van der Waals surface area contributed by atoms with Crippen molar-refractivity contribution >= 4 is 23.2 Å². The molecule has 6 nitrogen and oxygen atoms in total. The zero-order valence-electron chi connectivity index (χ0n) is 10.8. The van der Waals surface area contributed by atoms with Crippen molar-refractivity contribution in [3.63, 3.8) is 0 Å². The summed E-state index contributed by atoms with van der Waals surface area (Å²) in [5, 5.41) is 8.94. The number of nitrogens with two attached hydrogens (primary N) is 1. The van der Waals surface area contributed by atoms with Gasteiger partial charge in [0.05, 0.1) is 12.2 Å². The Morgan fingerprint density at radius 1 is 1.38 bits per heavy atom. The van der Waals surface area contributed by atoms with Crippen LogP contribution in [0.4, 0.5) is 5.69 Å². The molecule has 106 valence electrons. The number of nitrogens with one attached hydrogen (secondary N) is 2. The third-order valence-corrected chi connectivity index (χ3v) is 2.70. The summed E-state index contributed by atoms with van der Waals surface area (Å²) >= 11 is 5.91. The summed E-state index contributed by atoms with van der Waals surface area (Å²) in [6.07, 6.45) is 0. The lowest BCUT2D eigenvalue weighted by Gasteiger charge is -2.07.